The van der Waals surface area contributed by atoms with Crippen molar-refractivity contribution in [2.45, 2.75) is 26.2 Å². The van der Waals surface area contributed by atoms with Crippen LogP contribution in [-0.4, -0.2) is 6.16 Å². The van der Waals surface area contributed by atoms with E-state index in [0.717, 1.165) is 5.56 Å². The number of ether oxygens (including phenoxy) is 2. The molecular formula is C17H18O3. The maximum atomic E-state index is 11.8. The molecule has 3 heteroatoms. The molecule has 0 aliphatic rings. The SMILES string of the molecule is CC(C)(C)c1ccccc1OC(=O)Oc1ccccc1. The molecule has 0 unspecified atom stereocenters. The average Bonchev–Trinajstić information content (AvgIpc) is 2.39. The molecule has 0 radical (unpaired) electrons. The van der Waals surface area contributed by atoms with Crippen LogP contribution in [0.1, 0.15) is 26.3 Å². The zero-order valence-electron chi connectivity index (χ0n) is 11.9. The van der Waals surface area contributed by atoms with Gasteiger partial charge in [-0.15, -0.1) is 0 Å². The van der Waals surface area contributed by atoms with E-state index in [1.165, 1.54) is 0 Å². The highest BCUT2D eigenvalue weighted by atomic mass is 16.7. The second kappa shape index (κ2) is 5.78. The van der Waals surface area contributed by atoms with E-state index < -0.39 is 6.16 Å². The summed E-state index contributed by atoms with van der Waals surface area (Å²) in [6.45, 7) is 6.20. The summed E-state index contributed by atoms with van der Waals surface area (Å²) in [6, 6.07) is 16.3. The second-order valence-electron chi connectivity index (χ2n) is 5.51. The standard InChI is InChI=1S/C17H18O3/c1-17(2,3)14-11-7-8-12-15(14)20-16(18)19-13-9-5-4-6-10-13/h4-12H,1-3H3. The minimum Gasteiger partial charge on any atom is -0.395 e. The molecule has 0 saturated carbocycles. The minimum absolute atomic E-state index is 0.108. The first-order chi connectivity index (χ1) is 9.47. The molecule has 2 rings (SSSR count). The maximum absolute atomic E-state index is 11.8. The van der Waals surface area contributed by atoms with Crippen molar-refractivity contribution in [3.8, 4) is 11.5 Å². The lowest BCUT2D eigenvalue weighted by molar-refractivity contribution is 0.151. The summed E-state index contributed by atoms with van der Waals surface area (Å²) in [5.74, 6) is 0.992. The van der Waals surface area contributed by atoms with Crippen molar-refractivity contribution < 1.29 is 14.3 Å². The zero-order chi connectivity index (χ0) is 14.6. The Morgan fingerprint density at radius 3 is 2.10 bits per heavy atom. The highest BCUT2D eigenvalue weighted by Crippen LogP contribution is 2.31. The third-order valence-corrected chi connectivity index (χ3v) is 2.83. The van der Waals surface area contributed by atoms with Crippen LogP contribution in [0, 0.1) is 0 Å². The Hall–Kier alpha value is -2.29. The smallest absolute Gasteiger partial charge is 0.395 e. The molecule has 0 aliphatic carbocycles. The molecule has 0 fully saturated rings. The van der Waals surface area contributed by atoms with Gasteiger partial charge in [0.2, 0.25) is 0 Å². The number of para-hydroxylation sites is 2. The molecule has 0 bridgehead atoms. The summed E-state index contributed by atoms with van der Waals surface area (Å²) in [4.78, 5) is 11.8. The van der Waals surface area contributed by atoms with E-state index in [9.17, 15) is 4.79 Å². The Bertz CT molecular complexity index is 583. The van der Waals surface area contributed by atoms with E-state index >= 15 is 0 Å². The van der Waals surface area contributed by atoms with Crippen LogP contribution in [0.3, 0.4) is 0 Å². The molecule has 0 heterocycles. The van der Waals surface area contributed by atoms with Gasteiger partial charge in [0.15, 0.2) is 0 Å². The fourth-order valence-corrected chi connectivity index (χ4v) is 1.87. The molecule has 104 valence electrons. The van der Waals surface area contributed by atoms with Crippen molar-refractivity contribution in [3.63, 3.8) is 0 Å². The van der Waals surface area contributed by atoms with Gasteiger partial charge in [-0.25, -0.2) is 4.79 Å². The second-order valence-corrected chi connectivity index (χ2v) is 5.51. The van der Waals surface area contributed by atoms with Gasteiger partial charge in [-0.2, -0.15) is 0 Å². The molecule has 0 spiro atoms. The largest absolute Gasteiger partial charge is 0.519 e. The molecule has 0 amide bonds. The third-order valence-electron chi connectivity index (χ3n) is 2.83. The lowest BCUT2D eigenvalue weighted by Crippen LogP contribution is -2.18. The fourth-order valence-electron chi connectivity index (χ4n) is 1.87. The van der Waals surface area contributed by atoms with Gasteiger partial charge in [0.1, 0.15) is 11.5 Å². The molecule has 0 saturated heterocycles. The first-order valence-corrected chi connectivity index (χ1v) is 6.51. The quantitative estimate of drug-likeness (QED) is 0.592. The third kappa shape index (κ3) is 3.60. The van der Waals surface area contributed by atoms with Crippen LogP contribution in [0.15, 0.2) is 54.6 Å². The van der Waals surface area contributed by atoms with E-state index in [2.05, 4.69) is 20.8 Å². The first kappa shape index (κ1) is 14.1. The van der Waals surface area contributed by atoms with Crippen LogP contribution in [0.2, 0.25) is 0 Å². The van der Waals surface area contributed by atoms with Crippen molar-refractivity contribution in [3.05, 3.63) is 60.2 Å². The van der Waals surface area contributed by atoms with Crippen molar-refractivity contribution in [1.82, 2.24) is 0 Å². The Balaban J connectivity index is 2.13. The van der Waals surface area contributed by atoms with E-state index in [1.807, 2.05) is 24.3 Å². The Kier molecular flexibility index (Phi) is 4.08. The van der Waals surface area contributed by atoms with Gasteiger partial charge in [0.05, 0.1) is 0 Å². The molecule has 0 N–H and O–H groups in total. The molecule has 0 atom stereocenters. The van der Waals surface area contributed by atoms with Crippen molar-refractivity contribution in [2.24, 2.45) is 0 Å². The van der Waals surface area contributed by atoms with Gasteiger partial charge in [0.25, 0.3) is 0 Å². The lowest BCUT2D eigenvalue weighted by Gasteiger charge is -2.21. The molecule has 20 heavy (non-hydrogen) atoms. The van der Waals surface area contributed by atoms with Crippen LogP contribution in [0.25, 0.3) is 0 Å². The van der Waals surface area contributed by atoms with Crippen LogP contribution < -0.4 is 9.47 Å². The highest BCUT2D eigenvalue weighted by molar-refractivity contribution is 5.67. The number of benzene rings is 2. The van der Waals surface area contributed by atoms with Crippen LogP contribution >= 0.6 is 0 Å². The van der Waals surface area contributed by atoms with Crippen LogP contribution in [0.5, 0.6) is 11.5 Å². The van der Waals surface area contributed by atoms with Gasteiger partial charge < -0.3 is 9.47 Å². The van der Waals surface area contributed by atoms with Crippen molar-refractivity contribution in [1.29, 1.82) is 0 Å². The zero-order valence-corrected chi connectivity index (χ0v) is 11.9. The van der Waals surface area contributed by atoms with Gasteiger partial charge in [-0.05, 0) is 23.6 Å². The summed E-state index contributed by atoms with van der Waals surface area (Å²) >= 11 is 0. The number of carbonyl (C=O) groups is 1. The summed E-state index contributed by atoms with van der Waals surface area (Å²) in [6.07, 6.45) is -0.729. The maximum Gasteiger partial charge on any atom is 0.519 e. The van der Waals surface area contributed by atoms with Crippen molar-refractivity contribution >= 4 is 6.16 Å². The summed E-state index contributed by atoms with van der Waals surface area (Å²) in [5.41, 5.74) is 0.855. The number of hydrogen-bond donors (Lipinski definition) is 0. The molecule has 2 aromatic carbocycles. The normalized spacial score (nSPS) is 10.9. The van der Waals surface area contributed by atoms with E-state index in [0.29, 0.717) is 11.5 Å². The molecular weight excluding hydrogens is 252 g/mol. The predicted molar refractivity (Wildman–Crippen MR) is 78.2 cm³/mol. The highest BCUT2D eigenvalue weighted by Gasteiger charge is 2.20. The summed E-state index contributed by atoms with van der Waals surface area (Å²) < 4.78 is 10.4. The molecule has 0 aliphatic heterocycles. The van der Waals surface area contributed by atoms with E-state index in [-0.39, 0.29) is 5.41 Å². The Labute approximate surface area is 119 Å². The van der Waals surface area contributed by atoms with E-state index in [4.69, 9.17) is 9.47 Å². The summed E-state index contributed by atoms with van der Waals surface area (Å²) in [5, 5.41) is 0. The van der Waals surface area contributed by atoms with Gasteiger partial charge in [-0.1, -0.05) is 57.2 Å². The molecule has 3 nitrogen and oxygen atoms in total. The number of hydrogen-bond acceptors (Lipinski definition) is 3. The lowest BCUT2D eigenvalue weighted by atomic mass is 9.86. The molecule has 0 aromatic heterocycles. The Morgan fingerprint density at radius 1 is 0.850 bits per heavy atom. The number of carbonyl (C=O) groups excluding carboxylic acids is 1. The van der Waals surface area contributed by atoms with Gasteiger partial charge in [-0.3, -0.25) is 0 Å². The number of rotatable bonds is 2. The van der Waals surface area contributed by atoms with Gasteiger partial charge in [0, 0.05) is 5.56 Å². The monoisotopic (exact) mass is 270 g/mol. The average molecular weight is 270 g/mol. The van der Waals surface area contributed by atoms with E-state index in [1.54, 1.807) is 30.3 Å². The van der Waals surface area contributed by atoms with Crippen LogP contribution in [-0.2, 0) is 5.41 Å². The first-order valence-electron chi connectivity index (χ1n) is 6.51. The Morgan fingerprint density at radius 2 is 1.45 bits per heavy atom. The van der Waals surface area contributed by atoms with Crippen LogP contribution in [0.4, 0.5) is 4.79 Å². The van der Waals surface area contributed by atoms with Crippen molar-refractivity contribution in [2.75, 3.05) is 0 Å². The minimum atomic E-state index is -0.729. The topological polar surface area (TPSA) is 35.5 Å². The fraction of sp³-hybridized carbons (Fsp3) is 0.235. The molecule has 2 aromatic rings. The van der Waals surface area contributed by atoms with Gasteiger partial charge >= 0.3 is 6.16 Å². The predicted octanol–water partition coefficient (Wildman–Crippen LogP) is 4.56. The summed E-state index contributed by atoms with van der Waals surface area (Å²) in [7, 11) is 0.